The molecule has 0 aliphatic carbocycles. The highest BCUT2D eigenvalue weighted by Gasteiger charge is 2.16. The average Bonchev–Trinajstić information content (AvgIpc) is 2.32. The Hall–Kier alpha value is -0.320. The second-order valence-electron chi connectivity index (χ2n) is 5.16. The number of alkyl halides is 1. The summed E-state index contributed by atoms with van der Waals surface area (Å²) < 4.78 is 0.299. The summed E-state index contributed by atoms with van der Waals surface area (Å²) in [6.07, 6.45) is 12.9. The first-order chi connectivity index (χ1) is 8.55. The van der Waals surface area contributed by atoms with Crippen molar-refractivity contribution in [2.45, 2.75) is 48.9 Å². The minimum absolute atomic E-state index is 0.0785. The Balaban J connectivity index is 2.55. The fraction of sp³-hybridized carbons (Fsp3) is 0.667. The molecule has 1 heterocycles. The minimum Gasteiger partial charge on any atom is -0.339 e. The molecule has 0 bridgehead atoms. The molecule has 1 unspecified atom stereocenters. The molecule has 0 saturated carbocycles. The molecular formula is C15H24INO. The van der Waals surface area contributed by atoms with Crippen molar-refractivity contribution in [3.8, 4) is 0 Å². The molecule has 1 aliphatic heterocycles. The van der Waals surface area contributed by atoms with Gasteiger partial charge in [0.1, 0.15) is 0 Å². The summed E-state index contributed by atoms with van der Waals surface area (Å²) in [5.74, 6) is 0.0785. The Bertz CT molecular complexity index is 310. The quantitative estimate of drug-likeness (QED) is 0.298. The first-order valence-electron chi connectivity index (χ1n) is 6.83. The maximum absolute atomic E-state index is 11.7. The van der Waals surface area contributed by atoms with Gasteiger partial charge in [0.05, 0.1) is 0 Å². The molecule has 0 radical (unpaired) electrons. The van der Waals surface area contributed by atoms with Gasteiger partial charge >= 0.3 is 0 Å². The summed E-state index contributed by atoms with van der Waals surface area (Å²) in [6, 6.07) is 0. The lowest BCUT2D eigenvalue weighted by Crippen LogP contribution is -2.31. The molecule has 3 heteroatoms. The Morgan fingerprint density at radius 3 is 2.78 bits per heavy atom. The number of carbonyl (C=O) groups excluding carboxylic acids is 1. The van der Waals surface area contributed by atoms with Crippen LogP contribution in [0.1, 0.15) is 45.4 Å². The van der Waals surface area contributed by atoms with Gasteiger partial charge in [-0.1, -0.05) is 54.2 Å². The Morgan fingerprint density at radius 1 is 1.33 bits per heavy atom. The average molecular weight is 361 g/mol. The van der Waals surface area contributed by atoms with Crippen molar-refractivity contribution in [1.29, 1.82) is 0 Å². The number of hydrogen-bond acceptors (Lipinski definition) is 1. The molecule has 1 rings (SSSR count). The van der Waals surface area contributed by atoms with Gasteiger partial charge < -0.3 is 4.90 Å². The zero-order chi connectivity index (χ0) is 13.4. The van der Waals surface area contributed by atoms with Gasteiger partial charge in [-0.3, -0.25) is 4.79 Å². The van der Waals surface area contributed by atoms with E-state index in [9.17, 15) is 4.79 Å². The Labute approximate surface area is 125 Å². The molecule has 1 aliphatic rings. The number of halogens is 1. The molecule has 2 nitrogen and oxygen atoms in total. The van der Waals surface area contributed by atoms with Crippen LogP contribution < -0.4 is 0 Å². The van der Waals surface area contributed by atoms with E-state index in [0.717, 1.165) is 32.4 Å². The van der Waals surface area contributed by atoms with Crippen molar-refractivity contribution in [3.05, 3.63) is 24.8 Å². The lowest BCUT2D eigenvalue weighted by molar-refractivity contribution is -0.126. The molecule has 1 atom stereocenters. The van der Waals surface area contributed by atoms with Crippen LogP contribution in [0.3, 0.4) is 0 Å². The van der Waals surface area contributed by atoms with Crippen LogP contribution in [-0.4, -0.2) is 27.3 Å². The van der Waals surface area contributed by atoms with E-state index in [0.29, 0.717) is 3.42 Å². The van der Waals surface area contributed by atoms with Gasteiger partial charge in [0, 0.05) is 16.5 Å². The van der Waals surface area contributed by atoms with Gasteiger partial charge in [-0.25, -0.2) is 0 Å². The van der Waals surface area contributed by atoms with Gasteiger partial charge in [0.25, 0.3) is 0 Å². The van der Waals surface area contributed by atoms with Crippen molar-refractivity contribution in [1.82, 2.24) is 4.90 Å². The van der Waals surface area contributed by atoms with E-state index in [1.165, 1.54) is 25.3 Å². The largest absolute Gasteiger partial charge is 0.339 e. The second-order valence-corrected chi connectivity index (χ2v) is 7.63. The fourth-order valence-electron chi connectivity index (χ4n) is 2.22. The maximum Gasteiger partial charge on any atom is 0.245 e. The Morgan fingerprint density at radius 2 is 2.06 bits per heavy atom. The number of hydrogen-bond donors (Lipinski definition) is 0. The van der Waals surface area contributed by atoms with E-state index in [2.05, 4.69) is 48.2 Å². The number of allylic oxidation sites excluding steroid dienone is 2. The first kappa shape index (κ1) is 15.7. The minimum atomic E-state index is 0.0785. The first-order valence-corrected chi connectivity index (χ1v) is 7.91. The lowest BCUT2D eigenvalue weighted by Gasteiger charge is -2.23. The molecule has 0 spiro atoms. The molecule has 18 heavy (non-hydrogen) atoms. The van der Waals surface area contributed by atoms with Gasteiger partial charge in [-0.05, 0) is 38.7 Å². The van der Waals surface area contributed by atoms with Crippen LogP contribution >= 0.6 is 22.6 Å². The van der Waals surface area contributed by atoms with Gasteiger partial charge in [0.15, 0.2) is 0 Å². The van der Waals surface area contributed by atoms with E-state index in [4.69, 9.17) is 0 Å². The lowest BCUT2D eigenvalue weighted by atomic mass is 10.0. The highest BCUT2D eigenvalue weighted by molar-refractivity contribution is 14.1. The predicted octanol–water partition coefficient (Wildman–Crippen LogP) is 4.11. The van der Waals surface area contributed by atoms with E-state index in [-0.39, 0.29) is 5.91 Å². The van der Waals surface area contributed by atoms with Crippen LogP contribution in [0, 0.1) is 0 Å². The molecule has 0 aromatic rings. The summed E-state index contributed by atoms with van der Waals surface area (Å²) in [7, 11) is 0. The van der Waals surface area contributed by atoms with Gasteiger partial charge in [-0.15, -0.1) is 0 Å². The van der Waals surface area contributed by atoms with E-state index in [1.807, 2.05) is 4.90 Å². The number of nitrogens with zero attached hydrogens (tertiary/aromatic N) is 1. The maximum atomic E-state index is 11.7. The molecule has 0 aromatic carbocycles. The highest BCUT2D eigenvalue weighted by atomic mass is 127. The van der Waals surface area contributed by atoms with Crippen LogP contribution in [0.4, 0.5) is 0 Å². The molecule has 0 aromatic heterocycles. The van der Waals surface area contributed by atoms with Crippen molar-refractivity contribution < 1.29 is 4.79 Å². The van der Waals surface area contributed by atoms with Crippen LogP contribution in [0.25, 0.3) is 0 Å². The van der Waals surface area contributed by atoms with Crippen molar-refractivity contribution >= 4 is 28.5 Å². The monoisotopic (exact) mass is 361 g/mol. The highest BCUT2D eigenvalue weighted by Crippen LogP contribution is 2.27. The molecule has 1 amide bonds. The van der Waals surface area contributed by atoms with Crippen molar-refractivity contribution in [3.63, 3.8) is 0 Å². The summed E-state index contributed by atoms with van der Waals surface area (Å²) >= 11 is 2.54. The molecule has 0 saturated heterocycles. The third-order valence-corrected chi connectivity index (χ3v) is 4.24. The van der Waals surface area contributed by atoms with Crippen LogP contribution in [-0.2, 0) is 4.79 Å². The van der Waals surface area contributed by atoms with Crippen LogP contribution in [0.15, 0.2) is 24.8 Å². The standard InChI is InChI=1S/C15H24INO/c1-3-14(18)17-12-8-4-6-10-15(2,16)11-7-5-9-13-17/h3,6,10H,1,4-5,7-9,11-13H2,2H3/b10-6-. The SMILES string of the molecule is C=CC(=O)N1CCC/C=C\C(C)(I)CCCCC1. The smallest absolute Gasteiger partial charge is 0.245 e. The molecule has 102 valence electrons. The third kappa shape index (κ3) is 6.03. The zero-order valence-corrected chi connectivity index (χ0v) is 13.5. The second kappa shape index (κ2) is 7.97. The number of rotatable bonds is 1. The van der Waals surface area contributed by atoms with Crippen LogP contribution in [0.2, 0.25) is 0 Å². The summed E-state index contributed by atoms with van der Waals surface area (Å²) in [4.78, 5) is 13.6. The summed E-state index contributed by atoms with van der Waals surface area (Å²) in [6.45, 7) is 7.61. The summed E-state index contributed by atoms with van der Waals surface area (Å²) in [5, 5.41) is 0. The number of amides is 1. The van der Waals surface area contributed by atoms with Crippen molar-refractivity contribution in [2.75, 3.05) is 13.1 Å². The van der Waals surface area contributed by atoms with E-state index >= 15 is 0 Å². The van der Waals surface area contributed by atoms with E-state index < -0.39 is 0 Å². The topological polar surface area (TPSA) is 20.3 Å². The van der Waals surface area contributed by atoms with Crippen LogP contribution in [0.5, 0.6) is 0 Å². The molecular weight excluding hydrogens is 337 g/mol. The zero-order valence-electron chi connectivity index (χ0n) is 11.3. The molecule has 0 fully saturated rings. The summed E-state index contributed by atoms with van der Waals surface area (Å²) in [5.41, 5.74) is 0. The van der Waals surface area contributed by atoms with Gasteiger partial charge in [0.2, 0.25) is 5.91 Å². The molecule has 0 N–H and O–H groups in total. The van der Waals surface area contributed by atoms with Gasteiger partial charge in [-0.2, -0.15) is 0 Å². The third-order valence-electron chi connectivity index (χ3n) is 3.34. The van der Waals surface area contributed by atoms with E-state index in [1.54, 1.807) is 0 Å². The number of carbonyl (C=O) groups is 1. The van der Waals surface area contributed by atoms with Crippen molar-refractivity contribution in [2.24, 2.45) is 0 Å². The predicted molar refractivity (Wildman–Crippen MR) is 86.0 cm³/mol. The Kier molecular flexibility index (Phi) is 6.97. The normalized spacial score (nSPS) is 28.9. The fourth-order valence-corrected chi connectivity index (χ4v) is 2.86.